The minimum atomic E-state index is -0.595. The van der Waals surface area contributed by atoms with Crippen LogP contribution in [0.2, 0.25) is 0 Å². The van der Waals surface area contributed by atoms with Crippen LogP contribution in [0.5, 0.6) is 0 Å². The van der Waals surface area contributed by atoms with Gasteiger partial charge < -0.3 is 9.72 Å². The standard InChI is InChI=1S/C8H8N4O3/c1-4-10-11-8-9-5(3-6(13)15-2)7(14)12(4)8/h3H,1-2H3,(H,9,11)/b5-3-. The number of methoxy groups -OCH3 is 1. The van der Waals surface area contributed by atoms with Gasteiger partial charge in [-0.1, -0.05) is 0 Å². The molecule has 0 aromatic carbocycles. The van der Waals surface area contributed by atoms with E-state index in [1.54, 1.807) is 6.92 Å². The highest BCUT2D eigenvalue weighted by Gasteiger charge is 2.08. The van der Waals surface area contributed by atoms with Gasteiger partial charge in [0.25, 0.3) is 5.56 Å². The molecule has 78 valence electrons. The molecule has 0 amide bonds. The van der Waals surface area contributed by atoms with E-state index in [1.807, 2.05) is 0 Å². The molecule has 0 aliphatic rings. The fourth-order valence-corrected chi connectivity index (χ4v) is 1.26. The maximum Gasteiger partial charge on any atom is 0.332 e. The predicted octanol–water partition coefficient (Wildman–Crippen LogP) is -1.60. The Morgan fingerprint density at radius 1 is 1.53 bits per heavy atom. The molecule has 7 nitrogen and oxygen atoms in total. The van der Waals surface area contributed by atoms with Gasteiger partial charge in [-0.25, -0.2) is 9.20 Å². The number of carbonyl (C=O) groups excluding carboxylic acids is 1. The molecule has 0 saturated heterocycles. The van der Waals surface area contributed by atoms with Crippen LogP contribution in [0.1, 0.15) is 5.82 Å². The van der Waals surface area contributed by atoms with Crippen molar-refractivity contribution in [2.75, 3.05) is 7.11 Å². The van der Waals surface area contributed by atoms with Crippen molar-refractivity contribution in [3.63, 3.8) is 0 Å². The minimum Gasteiger partial charge on any atom is -0.466 e. The molecule has 1 N–H and O–H groups in total. The smallest absolute Gasteiger partial charge is 0.332 e. The Morgan fingerprint density at radius 2 is 2.27 bits per heavy atom. The second kappa shape index (κ2) is 3.19. The molecule has 15 heavy (non-hydrogen) atoms. The van der Waals surface area contributed by atoms with E-state index in [2.05, 4.69) is 19.9 Å². The normalized spacial score (nSPS) is 12.3. The SMILES string of the molecule is COC(=O)/C=c1\[nH]c2nnc(C)n2c1=O. The van der Waals surface area contributed by atoms with E-state index in [4.69, 9.17) is 0 Å². The first kappa shape index (κ1) is 9.38. The molecule has 0 fully saturated rings. The molecule has 0 saturated carbocycles. The zero-order valence-corrected chi connectivity index (χ0v) is 8.14. The first-order chi connectivity index (χ1) is 7.13. The lowest BCUT2D eigenvalue weighted by Crippen LogP contribution is -2.27. The number of imidazole rings is 1. The number of fused-ring (bicyclic) bond motifs is 1. The second-order valence-corrected chi connectivity index (χ2v) is 2.92. The van der Waals surface area contributed by atoms with Crippen LogP contribution in [0, 0.1) is 6.92 Å². The van der Waals surface area contributed by atoms with Crippen molar-refractivity contribution in [1.82, 2.24) is 19.6 Å². The summed E-state index contributed by atoms with van der Waals surface area (Å²) in [6, 6.07) is 0. The van der Waals surface area contributed by atoms with Crippen molar-refractivity contribution < 1.29 is 9.53 Å². The third-order valence-corrected chi connectivity index (χ3v) is 1.97. The number of nitrogens with one attached hydrogen (secondary N) is 1. The fourth-order valence-electron chi connectivity index (χ4n) is 1.26. The van der Waals surface area contributed by atoms with Crippen molar-refractivity contribution in [2.45, 2.75) is 6.92 Å². The van der Waals surface area contributed by atoms with Gasteiger partial charge in [-0.2, -0.15) is 0 Å². The molecule has 2 rings (SSSR count). The molecule has 0 unspecified atom stereocenters. The van der Waals surface area contributed by atoms with Gasteiger partial charge in [-0.3, -0.25) is 4.79 Å². The third kappa shape index (κ3) is 1.37. The van der Waals surface area contributed by atoms with Crippen molar-refractivity contribution in [1.29, 1.82) is 0 Å². The van der Waals surface area contributed by atoms with E-state index < -0.39 is 5.97 Å². The summed E-state index contributed by atoms with van der Waals surface area (Å²) in [7, 11) is 1.24. The molecule has 0 spiro atoms. The van der Waals surface area contributed by atoms with Gasteiger partial charge in [0, 0.05) is 0 Å². The lowest BCUT2D eigenvalue weighted by atomic mass is 10.5. The number of hydrogen-bond acceptors (Lipinski definition) is 5. The Hall–Kier alpha value is -2.18. The quantitative estimate of drug-likeness (QED) is 0.570. The number of esters is 1. The first-order valence-electron chi connectivity index (χ1n) is 4.17. The number of carbonyl (C=O) groups is 1. The summed E-state index contributed by atoms with van der Waals surface area (Å²) in [5.41, 5.74) is -0.363. The fraction of sp³-hybridized carbons (Fsp3) is 0.250. The number of aromatic nitrogens is 4. The molecule has 0 radical (unpaired) electrons. The van der Waals surface area contributed by atoms with Crippen LogP contribution in [0.15, 0.2) is 4.79 Å². The summed E-state index contributed by atoms with van der Waals surface area (Å²) in [4.78, 5) is 25.3. The van der Waals surface area contributed by atoms with Gasteiger partial charge in [0.15, 0.2) is 0 Å². The first-order valence-corrected chi connectivity index (χ1v) is 4.17. The summed E-state index contributed by atoms with van der Waals surface area (Å²) < 4.78 is 5.70. The number of ether oxygens (including phenoxy) is 1. The van der Waals surface area contributed by atoms with Crippen LogP contribution in [-0.4, -0.2) is 32.7 Å². The van der Waals surface area contributed by atoms with Crippen molar-refractivity contribution in [3.05, 3.63) is 21.5 Å². The number of aryl methyl sites for hydroxylation is 1. The lowest BCUT2D eigenvalue weighted by Gasteiger charge is -1.85. The van der Waals surface area contributed by atoms with Crippen LogP contribution >= 0.6 is 0 Å². The van der Waals surface area contributed by atoms with E-state index in [0.29, 0.717) is 11.6 Å². The number of nitrogens with zero attached hydrogens (tertiary/aromatic N) is 3. The summed E-state index contributed by atoms with van der Waals surface area (Å²) in [5, 5.41) is 7.56. The summed E-state index contributed by atoms with van der Waals surface area (Å²) in [6.07, 6.45) is 1.08. The molecule has 0 aliphatic heterocycles. The average Bonchev–Trinajstić information content (AvgIpc) is 2.71. The lowest BCUT2D eigenvalue weighted by molar-refractivity contribution is -0.133. The van der Waals surface area contributed by atoms with Gasteiger partial charge in [-0.15, -0.1) is 10.2 Å². The number of hydrogen-bond donors (Lipinski definition) is 1. The highest BCUT2D eigenvalue weighted by Crippen LogP contribution is 1.90. The number of H-pyrrole nitrogens is 1. The number of rotatable bonds is 1. The molecule has 0 atom stereocenters. The van der Waals surface area contributed by atoms with Crippen molar-refractivity contribution in [2.24, 2.45) is 0 Å². The average molecular weight is 208 g/mol. The predicted molar refractivity (Wildman–Crippen MR) is 50.0 cm³/mol. The Bertz CT molecular complexity index is 624. The van der Waals surface area contributed by atoms with Gasteiger partial charge in [-0.05, 0) is 6.92 Å². The molecule has 0 aliphatic carbocycles. The summed E-state index contributed by atoms with van der Waals surface area (Å²) in [5.74, 6) is 0.186. The van der Waals surface area contributed by atoms with Crippen LogP contribution < -0.4 is 10.9 Å². The maximum atomic E-state index is 11.7. The Labute approximate surface area is 83.4 Å². The summed E-state index contributed by atoms with van der Waals surface area (Å²) >= 11 is 0. The molecule has 7 heteroatoms. The molecule has 0 bridgehead atoms. The highest BCUT2D eigenvalue weighted by molar-refractivity contribution is 5.99. The summed E-state index contributed by atoms with van der Waals surface area (Å²) in [6.45, 7) is 1.65. The van der Waals surface area contributed by atoms with E-state index in [0.717, 1.165) is 6.08 Å². The van der Waals surface area contributed by atoms with Gasteiger partial charge >= 0.3 is 5.97 Å². The van der Waals surface area contributed by atoms with Crippen LogP contribution in [-0.2, 0) is 9.53 Å². The zero-order valence-electron chi connectivity index (χ0n) is 8.14. The third-order valence-electron chi connectivity index (χ3n) is 1.97. The largest absolute Gasteiger partial charge is 0.466 e. The van der Waals surface area contributed by atoms with Gasteiger partial charge in [0.05, 0.1) is 13.2 Å². The topological polar surface area (TPSA) is 89.3 Å². The molecular formula is C8H8N4O3. The van der Waals surface area contributed by atoms with Crippen LogP contribution in [0.3, 0.4) is 0 Å². The Balaban J connectivity index is 2.75. The monoisotopic (exact) mass is 208 g/mol. The van der Waals surface area contributed by atoms with Crippen LogP contribution in [0.25, 0.3) is 11.9 Å². The highest BCUT2D eigenvalue weighted by atomic mass is 16.5. The number of aromatic amines is 1. The zero-order chi connectivity index (χ0) is 11.0. The molecule has 2 aromatic heterocycles. The Morgan fingerprint density at radius 3 is 2.87 bits per heavy atom. The molecular weight excluding hydrogens is 200 g/mol. The van der Waals surface area contributed by atoms with Gasteiger partial charge in [0.1, 0.15) is 11.2 Å². The second-order valence-electron chi connectivity index (χ2n) is 2.92. The van der Waals surface area contributed by atoms with Crippen molar-refractivity contribution in [3.8, 4) is 0 Å². The maximum absolute atomic E-state index is 11.7. The Kier molecular flexibility index (Phi) is 2.00. The molecule has 2 heterocycles. The van der Waals surface area contributed by atoms with Gasteiger partial charge in [0.2, 0.25) is 5.78 Å². The van der Waals surface area contributed by atoms with E-state index in [-0.39, 0.29) is 10.9 Å². The van der Waals surface area contributed by atoms with E-state index in [1.165, 1.54) is 11.5 Å². The molecule has 2 aromatic rings. The van der Waals surface area contributed by atoms with E-state index in [9.17, 15) is 9.59 Å². The van der Waals surface area contributed by atoms with Crippen LogP contribution in [0.4, 0.5) is 0 Å². The van der Waals surface area contributed by atoms with E-state index >= 15 is 0 Å². The minimum absolute atomic E-state index is 0.134. The van der Waals surface area contributed by atoms with Crippen molar-refractivity contribution >= 4 is 17.8 Å².